The number of halogens is 1. The third-order valence-corrected chi connectivity index (χ3v) is 5.28. The van der Waals surface area contributed by atoms with Crippen molar-refractivity contribution in [1.82, 2.24) is 5.32 Å². The van der Waals surface area contributed by atoms with Crippen LogP contribution in [0.4, 0.5) is 4.39 Å². The number of amidine groups is 1. The van der Waals surface area contributed by atoms with Crippen molar-refractivity contribution in [2.75, 3.05) is 0 Å². The van der Waals surface area contributed by atoms with E-state index in [4.69, 9.17) is 0 Å². The number of hydrogen-bond acceptors (Lipinski definition) is 4. The molecule has 1 heterocycles. The smallest absolute Gasteiger partial charge is 0.267 e. The van der Waals surface area contributed by atoms with Crippen LogP contribution < -0.4 is 5.32 Å². The molecule has 0 fully saturated rings. The number of carbonyl (C=O) groups is 1. The summed E-state index contributed by atoms with van der Waals surface area (Å²) in [5.41, 5.74) is -0.701. The summed E-state index contributed by atoms with van der Waals surface area (Å²) in [5.74, 6) is -0.694. The first-order valence-corrected chi connectivity index (χ1v) is 7.52. The van der Waals surface area contributed by atoms with Gasteiger partial charge in [-0.25, -0.2) is 4.39 Å². The standard InChI is InChI=1S/C15H19FN2O2S/c1-9(10-7-5-6-8-11(10)16)17-13-18-12(19)15(4,21-13)14(2,3)20/h5-9,20H,1-4H3,(H,17,18,19)/t9-,15+/m0/s1. The minimum Gasteiger partial charge on any atom is -0.388 e. The molecule has 2 rings (SSSR count). The number of thioether (sulfide) groups is 1. The summed E-state index contributed by atoms with van der Waals surface area (Å²) in [7, 11) is 0. The van der Waals surface area contributed by atoms with Crippen molar-refractivity contribution in [3.8, 4) is 0 Å². The lowest BCUT2D eigenvalue weighted by atomic mass is 9.91. The molecule has 0 radical (unpaired) electrons. The predicted octanol–water partition coefficient (Wildman–Crippen LogP) is 2.64. The molecule has 1 aromatic rings. The molecule has 6 heteroatoms. The van der Waals surface area contributed by atoms with Crippen molar-refractivity contribution in [3.63, 3.8) is 0 Å². The SMILES string of the molecule is C[C@H](NC1=NC(=O)[C@](C)(C(C)(C)O)S1)c1ccccc1F. The lowest BCUT2D eigenvalue weighted by Gasteiger charge is -2.33. The van der Waals surface area contributed by atoms with E-state index in [1.165, 1.54) is 17.8 Å². The van der Waals surface area contributed by atoms with Crippen LogP contribution in [0.5, 0.6) is 0 Å². The third-order valence-electron chi connectivity index (χ3n) is 3.79. The topological polar surface area (TPSA) is 61.7 Å². The van der Waals surface area contributed by atoms with Gasteiger partial charge in [-0.3, -0.25) is 4.79 Å². The number of aliphatic hydroxyl groups is 1. The van der Waals surface area contributed by atoms with Crippen molar-refractivity contribution in [1.29, 1.82) is 0 Å². The molecule has 114 valence electrons. The van der Waals surface area contributed by atoms with E-state index in [0.29, 0.717) is 10.7 Å². The van der Waals surface area contributed by atoms with Gasteiger partial charge in [0, 0.05) is 5.56 Å². The van der Waals surface area contributed by atoms with Crippen LogP contribution in [0.3, 0.4) is 0 Å². The Kier molecular flexibility index (Phi) is 4.13. The minimum absolute atomic E-state index is 0.308. The Hall–Kier alpha value is -1.40. The molecule has 1 aliphatic rings. The van der Waals surface area contributed by atoms with Crippen molar-refractivity contribution >= 4 is 22.8 Å². The molecule has 0 saturated carbocycles. The fraction of sp³-hybridized carbons (Fsp3) is 0.467. The van der Waals surface area contributed by atoms with E-state index >= 15 is 0 Å². The molecule has 0 bridgehead atoms. The molecular formula is C15H19FN2O2S. The summed E-state index contributed by atoms with van der Waals surface area (Å²) in [5, 5.41) is 13.6. The fourth-order valence-corrected chi connectivity index (χ4v) is 3.13. The van der Waals surface area contributed by atoms with Gasteiger partial charge in [-0.2, -0.15) is 4.99 Å². The van der Waals surface area contributed by atoms with E-state index in [1.807, 2.05) is 0 Å². The van der Waals surface area contributed by atoms with Gasteiger partial charge in [-0.15, -0.1) is 0 Å². The van der Waals surface area contributed by atoms with Gasteiger partial charge in [0.1, 0.15) is 10.6 Å². The van der Waals surface area contributed by atoms with E-state index in [2.05, 4.69) is 10.3 Å². The van der Waals surface area contributed by atoms with Gasteiger partial charge in [0.25, 0.3) is 5.91 Å². The molecule has 21 heavy (non-hydrogen) atoms. The molecule has 0 aromatic heterocycles. The summed E-state index contributed by atoms with van der Waals surface area (Å²) in [6, 6.07) is 6.14. The summed E-state index contributed by atoms with van der Waals surface area (Å²) in [6.45, 7) is 6.62. The number of nitrogens with zero attached hydrogens (tertiary/aromatic N) is 1. The lowest BCUT2D eigenvalue weighted by molar-refractivity contribution is -0.124. The van der Waals surface area contributed by atoms with Gasteiger partial charge in [-0.05, 0) is 33.8 Å². The highest BCUT2D eigenvalue weighted by atomic mass is 32.2. The average molecular weight is 310 g/mol. The van der Waals surface area contributed by atoms with Gasteiger partial charge < -0.3 is 10.4 Å². The molecule has 0 saturated heterocycles. The first-order chi connectivity index (χ1) is 9.65. The molecule has 0 spiro atoms. The molecule has 1 amide bonds. The molecule has 1 aromatic carbocycles. The van der Waals surface area contributed by atoms with Crippen LogP contribution in [0.2, 0.25) is 0 Å². The molecule has 4 nitrogen and oxygen atoms in total. The van der Waals surface area contributed by atoms with Crippen LogP contribution in [-0.2, 0) is 4.79 Å². The van der Waals surface area contributed by atoms with Crippen LogP contribution >= 0.6 is 11.8 Å². The van der Waals surface area contributed by atoms with Crippen LogP contribution in [0.25, 0.3) is 0 Å². The first kappa shape index (κ1) is 16.0. The number of amides is 1. The van der Waals surface area contributed by atoms with Gasteiger partial charge in [0.15, 0.2) is 5.17 Å². The maximum atomic E-state index is 13.7. The molecule has 2 N–H and O–H groups in total. The van der Waals surface area contributed by atoms with Crippen molar-refractivity contribution in [2.45, 2.75) is 44.1 Å². The zero-order chi connectivity index (χ0) is 15.8. The molecule has 1 aliphatic heterocycles. The second-order valence-electron chi connectivity index (χ2n) is 5.80. The Labute approximate surface area is 127 Å². The Bertz CT molecular complexity index is 598. The molecule has 0 aliphatic carbocycles. The van der Waals surface area contributed by atoms with Gasteiger partial charge >= 0.3 is 0 Å². The Morgan fingerprint density at radius 3 is 2.57 bits per heavy atom. The van der Waals surface area contributed by atoms with Crippen LogP contribution in [-0.4, -0.2) is 26.5 Å². The second-order valence-corrected chi connectivity index (χ2v) is 7.21. The monoisotopic (exact) mass is 310 g/mol. The average Bonchev–Trinajstić information content (AvgIpc) is 2.65. The highest BCUT2D eigenvalue weighted by Gasteiger charge is 2.51. The lowest BCUT2D eigenvalue weighted by Crippen LogP contribution is -2.49. The quantitative estimate of drug-likeness (QED) is 0.901. The number of aliphatic imine (C=N–C) groups is 1. The Morgan fingerprint density at radius 1 is 1.43 bits per heavy atom. The zero-order valence-corrected chi connectivity index (χ0v) is 13.3. The maximum absolute atomic E-state index is 13.7. The molecular weight excluding hydrogens is 291 g/mol. The number of carbonyl (C=O) groups excluding carboxylic acids is 1. The minimum atomic E-state index is -1.21. The highest BCUT2D eigenvalue weighted by molar-refractivity contribution is 8.16. The van der Waals surface area contributed by atoms with Crippen LogP contribution in [0, 0.1) is 5.82 Å². The van der Waals surface area contributed by atoms with Gasteiger partial charge in [0.05, 0.1) is 11.6 Å². The van der Waals surface area contributed by atoms with Crippen LogP contribution in [0.1, 0.15) is 39.3 Å². The van der Waals surface area contributed by atoms with Gasteiger partial charge in [-0.1, -0.05) is 30.0 Å². The second kappa shape index (κ2) is 5.42. The summed E-state index contributed by atoms with van der Waals surface area (Å²) >= 11 is 1.17. The summed E-state index contributed by atoms with van der Waals surface area (Å²) in [6.07, 6.45) is 0. The Morgan fingerprint density at radius 2 is 2.05 bits per heavy atom. The zero-order valence-electron chi connectivity index (χ0n) is 12.5. The highest BCUT2D eigenvalue weighted by Crippen LogP contribution is 2.42. The van der Waals surface area contributed by atoms with E-state index in [0.717, 1.165) is 0 Å². The summed E-state index contributed by atoms with van der Waals surface area (Å²) < 4.78 is 12.7. The fourth-order valence-electron chi connectivity index (χ4n) is 2.00. The van der Waals surface area contributed by atoms with E-state index in [-0.39, 0.29) is 17.8 Å². The third kappa shape index (κ3) is 2.96. The number of nitrogens with one attached hydrogen (secondary N) is 1. The maximum Gasteiger partial charge on any atom is 0.267 e. The van der Waals surface area contributed by atoms with Crippen molar-refractivity contribution < 1.29 is 14.3 Å². The van der Waals surface area contributed by atoms with Crippen molar-refractivity contribution in [3.05, 3.63) is 35.6 Å². The largest absolute Gasteiger partial charge is 0.388 e. The summed E-state index contributed by atoms with van der Waals surface area (Å²) in [4.78, 5) is 16.0. The predicted molar refractivity (Wildman–Crippen MR) is 82.7 cm³/mol. The van der Waals surface area contributed by atoms with E-state index in [1.54, 1.807) is 45.9 Å². The molecule has 0 unspecified atom stereocenters. The van der Waals surface area contributed by atoms with Gasteiger partial charge in [0.2, 0.25) is 0 Å². The van der Waals surface area contributed by atoms with Crippen LogP contribution in [0.15, 0.2) is 29.3 Å². The number of benzene rings is 1. The van der Waals surface area contributed by atoms with E-state index in [9.17, 15) is 14.3 Å². The number of rotatable bonds is 3. The number of hydrogen-bond donors (Lipinski definition) is 2. The Balaban J connectivity index is 2.14. The van der Waals surface area contributed by atoms with Crippen molar-refractivity contribution in [2.24, 2.45) is 4.99 Å². The molecule has 2 atom stereocenters. The normalized spacial score (nSPS) is 23.9. The van der Waals surface area contributed by atoms with E-state index < -0.39 is 10.3 Å². The first-order valence-electron chi connectivity index (χ1n) is 6.70.